The molecule has 1 atom stereocenters. The minimum absolute atomic E-state index is 0.203. The van der Waals surface area contributed by atoms with Crippen LogP contribution in [0.4, 0.5) is 0 Å². The third-order valence-electron chi connectivity index (χ3n) is 4.11. The minimum Gasteiger partial charge on any atom is -0.508 e. The highest BCUT2D eigenvalue weighted by atomic mass is 16.5. The third-order valence-corrected chi connectivity index (χ3v) is 4.11. The summed E-state index contributed by atoms with van der Waals surface area (Å²) in [6.45, 7) is 1.87. The highest BCUT2D eigenvalue weighted by molar-refractivity contribution is 5.78. The third kappa shape index (κ3) is 4.27. The number of hydrogen-bond donors (Lipinski definition) is 1. The van der Waals surface area contributed by atoms with Crippen LogP contribution in [-0.2, 0) is 16.0 Å². The van der Waals surface area contributed by atoms with Gasteiger partial charge in [0.05, 0.1) is 6.42 Å². The zero-order valence-electron chi connectivity index (χ0n) is 14.1. The topological polar surface area (TPSA) is 46.5 Å². The molecule has 0 heterocycles. The van der Waals surface area contributed by atoms with Crippen LogP contribution in [0.5, 0.6) is 5.75 Å². The maximum Gasteiger partial charge on any atom is 0.310 e. The van der Waals surface area contributed by atoms with Gasteiger partial charge in [0, 0.05) is 0 Å². The molecular formula is C22H20O3. The van der Waals surface area contributed by atoms with Crippen molar-refractivity contribution in [3.63, 3.8) is 0 Å². The van der Waals surface area contributed by atoms with E-state index in [1.54, 1.807) is 12.1 Å². The van der Waals surface area contributed by atoms with Gasteiger partial charge >= 0.3 is 5.97 Å². The lowest BCUT2D eigenvalue weighted by molar-refractivity contribution is -0.147. The number of rotatable bonds is 5. The second-order valence-electron chi connectivity index (χ2n) is 5.92. The molecule has 126 valence electrons. The monoisotopic (exact) mass is 332 g/mol. The lowest BCUT2D eigenvalue weighted by Crippen LogP contribution is -2.12. The maximum atomic E-state index is 12.4. The van der Waals surface area contributed by atoms with Crippen molar-refractivity contribution in [3.8, 4) is 16.9 Å². The quantitative estimate of drug-likeness (QED) is 0.676. The fourth-order valence-electron chi connectivity index (χ4n) is 2.78. The van der Waals surface area contributed by atoms with Gasteiger partial charge in [-0.05, 0) is 41.3 Å². The lowest BCUT2D eigenvalue weighted by Gasteiger charge is -2.15. The van der Waals surface area contributed by atoms with E-state index in [2.05, 4.69) is 0 Å². The Morgan fingerprint density at radius 1 is 0.920 bits per heavy atom. The lowest BCUT2D eigenvalue weighted by atomic mass is 9.97. The molecule has 0 aromatic heterocycles. The molecule has 1 N–H and O–H groups in total. The predicted molar refractivity (Wildman–Crippen MR) is 98.2 cm³/mol. The van der Waals surface area contributed by atoms with Gasteiger partial charge < -0.3 is 9.84 Å². The first-order valence-corrected chi connectivity index (χ1v) is 8.25. The van der Waals surface area contributed by atoms with Crippen molar-refractivity contribution in [2.24, 2.45) is 0 Å². The average molecular weight is 332 g/mol. The number of carbonyl (C=O) groups is 1. The van der Waals surface area contributed by atoms with Gasteiger partial charge in [0.1, 0.15) is 11.9 Å². The van der Waals surface area contributed by atoms with Gasteiger partial charge in [-0.25, -0.2) is 0 Å². The SMILES string of the molecule is C[C@@H](OC(=O)Cc1ccccc1-c1ccc(O)cc1)c1ccccc1. The summed E-state index contributed by atoms with van der Waals surface area (Å²) in [5.74, 6) is -0.0418. The van der Waals surface area contributed by atoms with Gasteiger partial charge in [-0.2, -0.15) is 0 Å². The molecule has 0 fully saturated rings. The Hall–Kier alpha value is -3.07. The molecule has 0 radical (unpaired) electrons. The molecule has 0 bridgehead atoms. The van der Waals surface area contributed by atoms with Crippen molar-refractivity contribution in [2.75, 3.05) is 0 Å². The molecule has 25 heavy (non-hydrogen) atoms. The van der Waals surface area contributed by atoms with E-state index in [4.69, 9.17) is 4.74 Å². The number of ether oxygens (including phenoxy) is 1. The summed E-state index contributed by atoms with van der Waals surface area (Å²) in [5, 5.41) is 9.45. The molecule has 0 saturated heterocycles. The fraction of sp³-hybridized carbons (Fsp3) is 0.136. The van der Waals surface area contributed by atoms with Crippen LogP contribution < -0.4 is 0 Å². The van der Waals surface area contributed by atoms with Gasteiger partial charge in [0.2, 0.25) is 0 Å². The summed E-state index contributed by atoms with van der Waals surface area (Å²) in [6, 6.07) is 24.4. The fourth-order valence-corrected chi connectivity index (χ4v) is 2.78. The zero-order valence-corrected chi connectivity index (χ0v) is 14.1. The minimum atomic E-state index is -0.283. The summed E-state index contributed by atoms with van der Waals surface area (Å²) < 4.78 is 5.57. The molecule has 0 unspecified atom stereocenters. The van der Waals surface area contributed by atoms with Crippen LogP contribution in [0.25, 0.3) is 11.1 Å². The van der Waals surface area contributed by atoms with Gasteiger partial charge in [-0.1, -0.05) is 66.7 Å². The van der Waals surface area contributed by atoms with Crippen molar-refractivity contribution in [3.05, 3.63) is 90.0 Å². The number of carbonyl (C=O) groups excluding carboxylic acids is 1. The summed E-state index contributed by atoms with van der Waals surface area (Å²) in [5.41, 5.74) is 3.80. The van der Waals surface area contributed by atoms with E-state index >= 15 is 0 Å². The van der Waals surface area contributed by atoms with Gasteiger partial charge in [-0.15, -0.1) is 0 Å². The summed E-state index contributed by atoms with van der Waals surface area (Å²) >= 11 is 0. The Balaban J connectivity index is 1.74. The van der Waals surface area contributed by atoms with Crippen molar-refractivity contribution in [1.29, 1.82) is 0 Å². The number of benzene rings is 3. The van der Waals surface area contributed by atoms with E-state index < -0.39 is 0 Å². The molecule has 0 aliphatic carbocycles. The van der Waals surface area contributed by atoms with Gasteiger partial charge in [0.25, 0.3) is 0 Å². The molecule has 3 rings (SSSR count). The second-order valence-corrected chi connectivity index (χ2v) is 5.92. The molecule has 3 aromatic carbocycles. The highest BCUT2D eigenvalue weighted by Gasteiger charge is 2.14. The summed E-state index contributed by atoms with van der Waals surface area (Å²) in [6.07, 6.45) is -0.0802. The van der Waals surface area contributed by atoms with Crippen LogP contribution >= 0.6 is 0 Å². The highest BCUT2D eigenvalue weighted by Crippen LogP contribution is 2.26. The molecule has 0 aliphatic heterocycles. The van der Waals surface area contributed by atoms with E-state index in [1.165, 1.54) is 0 Å². The molecule has 3 nitrogen and oxygen atoms in total. The van der Waals surface area contributed by atoms with Crippen molar-refractivity contribution < 1.29 is 14.6 Å². The first kappa shape index (κ1) is 16.8. The van der Waals surface area contributed by atoms with E-state index in [0.29, 0.717) is 0 Å². The van der Waals surface area contributed by atoms with E-state index in [1.807, 2.05) is 73.7 Å². The smallest absolute Gasteiger partial charge is 0.310 e. The molecule has 3 heteroatoms. The van der Waals surface area contributed by atoms with Gasteiger partial charge in [-0.3, -0.25) is 4.79 Å². The van der Waals surface area contributed by atoms with Gasteiger partial charge in [0.15, 0.2) is 0 Å². The van der Waals surface area contributed by atoms with E-state index in [-0.39, 0.29) is 24.2 Å². The van der Waals surface area contributed by atoms with Crippen LogP contribution in [0.1, 0.15) is 24.2 Å². The van der Waals surface area contributed by atoms with Crippen molar-refractivity contribution >= 4 is 5.97 Å². The molecule has 0 saturated carbocycles. The Morgan fingerprint density at radius 2 is 1.56 bits per heavy atom. The van der Waals surface area contributed by atoms with Crippen molar-refractivity contribution in [1.82, 2.24) is 0 Å². The first-order valence-electron chi connectivity index (χ1n) is 8.25. The van der Waals surface area contributed by atoms with Crippen LogP contribution in [0.3, 0.4) is 0 Å². The predicted octanol–water partition coefficient (Wildman–Crippen LogP) is 4.91. The Kier molecular flexibility index (Phi) is 5.14. The Labute approximate surface area is 147 Å². The average Bonchev–Trinajstić information content (AvgIpc) is 2.63. The molecular weight excluding hydrogens is 312 g/mol. The number of esters is 1. The number of hydrogen-bond acceptors (Lipinski definition) is 3. The van der Waals surface area contributed by atoms with Crippen LogP contribution in [0.2, 0.25) is 0 Å². The largest absolute Gasteiger partial charge is 0.508 e. The molecule has 0 aliphatic rings. The zero-order chi connectivity index (χ0) is 17.6. The van der Waals surface area contributed by atoms with Crippen LogP contribution in [0.15, 0.2) is 78.9 Å². The van der Waals surface area contributed by atoms with E-state index in [9.17, 15) is 9.90 Å². The van der Waals surface area contributed by atoms with Crippen LogP contribution in [0, 0.1) is 0 Å². The van der Waals surface area contributed by atoms with Crippen molar-refractivity contribution in [2.45, 2.75) is 19.4 Å². The number of phenolic OH excluding ortho intramolecular Hbond substituents is 1. The standard InChI is InChI=1S/C22H20O3/c1-16(17-7-3-2-4-8-17)25-22(24)15-19-9-5-6-10-21(19)18-11-13-20(23)14-12-18/h2-14,16,23H,15H2,1H3/t16-/m1/s1. The number of phenols is 1. The summed E-state index contributed by atoms with van der Waals surface area (Å²) in [4.78, 5) is 12.4. The molecule has 3 aromatic rings. The number of aromatic hydroxyl groups is 1. The van der Waals surface area contributed by atoms with E-state index in [0.717, 1.165) is 22.3 Å². The Bertz CT molecular complexity index is 839. The summed E-state index contributed by atoms with van der Waals surface area (Å²) in [7, 11) is 0. The molecule has 0 spiro atoms. The first-order chi connectivity index (χ1) is 12.1. The Morgan fingerprint density at radius 3 is 2.28 bits per heavy atom. The maximum absolute atomic E-state index is 12.4. The second kappa shape index (κ2) is 7.67. The normalized spacial score (nSPS) is 11.7. The molecule has 0 amide bonds. The van der Waals surface area contributed by atoms with Crippen LogP contribution in [-0.4, -0.2) is 11.1 Å².